The van der Waals surface area contributed by atoms with Crippen molar-refractivity contribution in [2.45, 2.75) is 0 Å². The highest BCUT2D eigenvalue weighted by atomic mass is 35.5. The van der Waals surface area contributed by atoms with Crippen LogP contribution >= 0.6 is 11.6 Å². The van der Waals surface area contributed by atoms with Gasteiger partial charge in [0, 0.05) is 17.8 Å². The van der Waals surface area contributed by atoms with E-state index in [1.807, 2.05) is 12.1 Å². The number of nitrogens with zero attached hydrogens (tertiary/aromatic N) is 3. The Morgan fingerprint density at radius 2 is 1.94 bits per heavy atom. The van der Waals surface area contributed by atoms with Crippen molar-refractivity contribution in [3.05, 3.63) is 29.3 Å². The number of methoxy groups -OCH3 is 1. The SMILES string of the molecule is CNc1nc(Nc2cccc(Cl)c2)nc(OC)n1. The number of ether oxygens (including phenoxy) is 1. The van der Waals surface area contributed by atoms with E-state index in [0.717, 1.165) is 5.69 Å². The highest BCUT2D eigenvalue weighted by Gasteiger charge is 2.06. The molecule has 0 aliphatic heterocycles. The van der Waals surface area contributed by atoms with Gasteiger partial charge in [-0.2, -0.15) is 15.0 Å². The number of anilines is 3. The molecular weight excluding hydrogens is 254 g/mol. The third-order valence-electron chi connectivity index (χ3n) is 2.10. The van der Waals surface area contributed by atoms with Crippen LogP contribution in [0.5, 0.6) is 6.01 Å². The molecule has 0 aliphatic carbocycles. The Balaban J connectivity index is 2.28. The first-order valence-corrected chi connectivity index (χ1v) is 5.59. The number of hydrogen-bond donors (Lipinski definition) is 2. The fraction of sp³-hybridized carbons (Fsp3) is 0.182. The summed E-state index contributed by atoms with van der Waals surface area (Å²) in [7, 11) is 3.22. The first-order chi connectivity index (χ1) is 8.71. The van der Waals surface area contributed by atoms with E-state index in [1.165, 1.54) is 7.11 Å². The Morgan fingerprint density at radius 1 is 1.17 bits per heavy atom. The standard InChI is InChI=1S/C11H12ClN5O/c1-13-9-15-10(17-11(16-9)18-2)14-8-5-3-4-7(12)6-8/h3-6H,1-2H3,(H2,13,14,15,16,17). The molecule has 18 heavy (non-hydrogen) atoms. The maximum absolute atomic E-state index is 5.90. The summed E-state index contributed by atoms with van der Waals surface area (Å²) in [6, 6.07) is 7.50. The maximum atomic E-state index is 5.90. The van der Waals surface area contributed by atoms with E-state index >= 15 is 0 Å². The Hall–Kier alpha value is -2.08. The molecule has 0 radical (unpaired) electrons. The number of benzene rings is 1. The summed E-state index contributed by atoms with van der Waals surface area (Å²) >= 11 is 5.90. The van der Waals surface area contributed by atoms with Gasteiger partial charge in [0.2, 0.25) is 11.9 Å². The summed E-state index contributed by atoms with van der Waals surface area (Å²) in [6.45, 7) is 0. The topological polar surface area (TPSA) is 72.0 Å². The fourth-order valence-electron chi connectivity index (χ4n) is 1.31. The third kappa shape index (κ3) is 2.98. The van der Waals surface area contributed by atoms with E-state index in [0.29, 0.717) is 16.9 Å². The van der Waals surface area contributed by atoms with Crippen molar-refractivity contribution < 1.29 is 4.74 Å². The summed E-state index contributed by atoms with van der Waals surface area (Å²) in [5.41, 5.74) is 0.790. The van der Waals surface area contributed by atoms with E-state index < -0.39 is 0 Å². The van der Waals surface area contributed by atoms with Crippen LogP contribution in [0.2, 0.25) is 5.02 Å². The van der Waals surface area contributed by atoms with Gasteiger partial charge in [-0.05, 0) is 18.2 Å². The molecule has 1 aromatic carbocycles. The molecule has 94 valence electrons. The Labute approximate surface area is 109 Å². The molecule has 1 aromatic heterocycles. The highest BCUT2D eigenvalue weighted by Crippen LogP contribution is 2.19. The van der Waals surface area contributed by atoms with Crippen molar-refractivity contribution in [1.29, 1.82) is 0 Å². The van der Waals surface area contributed by atoms with Crippen LogP contribution in [0.3, 0.4) is 0 Å². The number of aromatic nitrogens is 3. The van der Waals surface area contributed by atoms with Crippen molar-refractivity contribution in [3.63, 3.8) is 0 Å². The normalized spacial score (nSPS) is 9.94. The van der Waals surface area contributed by atoms with Crippen LogP contribution in [0.4, 0.5) is 17.6 Å². The van der Waals surface area contributed by atoms with Crippen LogP contribution in [0.25, 0.3) is 0 Å². The highest BCUT2D eigenvalue weighted by molar-refractivity contribution is 6.30. The number of nitrogens with one attached hydrogen (secondary N) is 2. The molecule has 0 atom stereocenters. The van der Waals surface area contributed by atoms with Crippen molar-refractivity contribution in [3.8, 4) is 6.01 Å². The van der Waals surface area contributed by atoms with Crippen molar-refractivity contribution >= 4 is 29.2 Å². The van der Waals surface area contributed by atoms with Gasteiger partial charge < -0.3 is 15.4 Å². The van der Waals surface area contributed by atoms with Crippen molar-refractivity contribution in [1.82, 2.24) is 15.0 Å². The summed E-state index contributed by atoms with van der Waals surface area (Å²) in [5, 5.41) is 6.49. The second kappa shape index (κ2) is 5.50. The van der Waals surface area contributed by atoms with Crippen LogP contribution in [0.1, 0.15) is 0 Å². The van der Waals surface area contributed by atoms with Gasteiger partial charge in [-0.3, -0.25) is 0 Å². The Bertz CT molecular complexity index is 526. The average molecular weight is 266 g/mol. The Kier molecular flexibility index (Phi) is 3.78. The summed E-state index contributed by atoms with van der Waals surface area (Å²) in [4.78, 5) is 12.3. The zero-order chi connectivity index (χ0) is 13.0. The van der Waals surface area contributed by atoms with Gasteiger partial charge in [-0.15, -0.1) is 0 Å². The molecule has 6 nitrogen and oxygen atoms in total. The van der Waals surface area contributed by atoms with E-state index in [1.54, 1.807) is 19.2 Å². The van der Waals surface area contributed by atoms with Crippen molar-refractivity contribution in [2.75, 3.05) is 24.8 Å². The summed E-state index contributed by atoms with van der Waals surface area (Å²) in [5.74, 6) is 0.805. The quantitative estimate of drug-likeness (QED) is 0.884. The van der Waals surface area contributed by atoms with Crippen LogP contribution in [0, 0.1) is 0 Å². The van der Waals surface area contributed by atoms with Crippen LogP contribution in [-0.2, 0) is 0 Å². The molecule has 2 aromatic rings. The molecule has 2 rings (SSSR count). The first-order valence-electron chi connectivity index (χ1n) is 5.21. The minimum absolute atomic E-state index is 0.235. The summed E-state index contributed by atoms with van der Waals surface area (Å²) in [6.07, 6.45) is 0. The molecule has 0 amide bonds. The predicted octanol–water partition coefficient (Wildman–Crippen LogP) is 2.32. The van der Waals surface area contributed by atoms with E-state index in [4.69, 9.17) is 16.3 Å². The lowest BCUT2D eigenvalue weighted by molar-refractivity contribution is 0.379. The summed E-state index contributed by atoms with van der Waals surface area (Å²) < 4.78 is 4.99. The third-order valence-corrected chi connectivity index (χ3v) is 2.34. The molecule has 0 saturated heterocycles. The lowest BCUT2D eigenvalue weighted by Gasteiger charge is -2.07. The molecule has 0 fully saturated rings. The zero-order valence-corrected chi connectivity index (χ0v) is 10.7. The van der Waals surface area contributed by atoms with Gasteiger partial charge in [0.1, 0.15) is 0 Å². The van der Waals surface area contributed by atoms with Gasteiger partial charge in [0.15, 0.2) is 0 Å². The molecule has 0 aliphatic rings. The fourth-order valence-corrected chi connectivity index (χ4v) is 1.50. The van der Waals surface area contributed by atoms with Crippen LogP contribution in [0.15, 0.2) is 24.3 Å². The number of hydrogen-bond acceptors (Lipinski definition) is 6. The van der Waals surface area contributed by atoms with E-state index in [-0.39, 0.29) is 6.01 Å². The molecule has 0 spiro atoms. The minimum Gasteiger partial charge on any atom is -0.467 e. The lowest BCUT2D eigenvalue weighted by atomic mass is 10.3. The maximum Gasteiger partial charge on any atom is 0.322 e. The van der Waals surface area contributed by atoms with Crippen molar-refractivity contribution in [2.24, 2.45) is 0 Å². The van der Waals surface area contributed by atoms with Gasteiger partial charge >= 0.3 is 6.01 Å². The molecular formula is C11H12ClN5O. The second-order valence-electron chi connectivity index (χ2n) is 3.35. The monoisotopic (exact) mass is 265 g/mol. The molecule has 0 bridgehead atoms. The van der Waals surface area contributed by atoms with Crippen LogP contribution < -0.4 is 15.4 Å². The smallest absolute Gasteiger partial charge is 0.322 e. The van der Waals surface area contributed by atoms with Crippen LogP contribution in [-0.4, -0.2) is 29.1 Å². The first kappa shape index (κ1) is 12.4. The molecule has 1 heterocycles. The lowest BCUT2D eigenvalue weighted by Crippen LogP contribution is -2.05. The molecule has 7 heteroatoms. The van der Waals surface area contributed by atoms with E-state index in [2.05, 4.69) is 25.6 Å². The number of halogens is 1. The molecule has 2 N–H and O–H groups in total. The second-order valence-corrected chi connectivity index (χ2v) is 3.79. The van der Waals surface area contributed by atoms with E-state index in [9.17, 15) is 0 Å². The minimum atomic E-state index is 0.235. The Morgan fingerprint density at radius 3 is 2.61 bits per heavy atom. The molecule has 0 unspecified atom stereocenters. The van der Waals surface area contributed by atoms with Gasteiger partial charge in [0.05, 0.1) is 7.11 Å². The predicted molar refractivity (Wildman–Crippen MR) is 70.7 cm³/mol. The van der Waals surface area contributed by atoms with Gasteiger partial charge in [0.25, 0.3) is 0 Å². The largest absolute Gasteiger partial charge is 0.467 e. The molecule has 0 saturated carbocycles. The van der Waals surface area contributed by atoms with Gasteiger partial charge in [-0.25, -0.2) is 0 Å². The average Bonchev–Trinajstić information content (AvgIpc) is 2.38. The number of rotatable bonds is 4. The zero-order valence-electron chi connectivity index (χ0n) is 9.94. The van der Waals surface area contributed by atoms with Gasteiger partial charge in [-0.1, -0.05) is 17.7 Å².